The van der Waals surface area contributed by atoms with Crippen molar-refractivity contribution in [3.8, 4) is 11.3 Å². The molecule has 0 unspecified atom stereocenters. The summed E-state index contributed by atoms with van der Waals surface area (Å²) in [4.78, 5) is 41.3. The maximum absolute atomic E-state index is 13.1. The Morgan fingerprint density at radius 2 is 1.74 bits per heavy atom. The number of nitrogens with one attached hydrogen (secondary N) is 2. The van der Waals surface area contributed by atoms with Gasteiger partial charge in [-0.05, 0) is 56.4 Å². The summed E-state index contributed by atoms with van der Waals surface area (Å²) >= 11 is 0. The SMILES string of the molecule is Nc1nccn2c(C34CCC(NC(=O)CN5CCOCC5)(CC3)C4)nc(-c3ccc(C(=O)Nc4cc(C(F)(F)F)ccn4)cc3)c12. The smallest absolute Gasteiger partial charge is 0.382 e. The number of nitrogens with two attached hydrogens (primary N) is 1. The highest BCUT2D eigenvalue weighted by atomic mass is 19.4. The van der Waals surface area contributed by atoms with E-state index >= 15 is 0 Å². The van der Waals surface area contributed by atoms with Crippen molar-refractivity contribution >= 4 is 29.0 Å². The Labute approximate surface area is 262 Å². The van der Waals surface area contributed by atoms with Crippen molar-refractivity contribution in [2.24, 2.45) is 0 Å². The number of nitrogens with zero attached hydrogens (tertiary/aromatic N) is 5. The first-order chi connectivity index (χ1) is 22.0. The fraction of sp³-hybridized carbons (Fsp3) is 0.406. The van der Waals surface area contributed by atoms with Crippen LogP contribution in [-0.4, -0.2) is 74.5 Å². The molecule has 3 fully saturated rings. The fourth-order valence-corrected chi connectivity index (χ4v) is 7.26. The average Bonchev–Trinajstić information content (AvgIpc) is 3.72. The molecule has 0 radical (unpaired) electrons. The standard InChI is InChI=1S/C32H33F3N8O3/c33-32(34,35)22-5-10-37-23(17-22)39-28(45)21-3-1-20(2-4-21)25-26-27(36)38-11-12-43(26)29(40-25)30-6-8-31(19-30,9-7-30)41-24(44)18-42-13-15-46-16-14-42/h1-5,10-12,17H,6-9,13-16,18-19H2,(H2,36,38)(H,41,44)(H,37,39,45). The number of benzene rings is 1. The lowest BCUT2D eigenvalue weighted by molar-refractivity contribution is -0.137. The van der Waals surface area contributed by atoms with Gasteiger partial charge in [-0.2, -0.15) is 13.2 Å². The number of carbonyl (C=O) groups excluding carboxylic acids is 2. The monoisotopic (exact) mass is 634 g/mol. The van der Waals surface area contributed by atoms with Crippen LogP contribution < -0.4 is 16.4 Å². The maximum atomic E-state index is 13.1. The molecule has 4 N–H and O–H groups in total. The summed E-state index contributed by atoms with van der Waals surface area (Å²) in [6, 6.07) is 8.24. The van der Waals surface area contributed by atoms with Crippen molar-refractivity contribution in [2.75, 3.05) is 43.9 Å². The second-order valence-electron chi connectivity index (χ2n) is 12.4. The zero-order valence-electron chi connectivity index (χ0n) is 24.9. The van der Waals surface area contributed by atoms with Crippen molar-refractivity contribution in [1.29, 1.82) is 0 Å². The normalized spacial score (nSPS) is 23.1. The maximum Gasteiger partial charge on any atom is 0.416 e. The molecule has 4 heterocycles. The van der Waals surface area contributed by atoms with Gasteiger partial charge in [0.05, 0.1) is 25.3 Å². The molecular weight excluding hydrogens is 601 g/mol. The predicted octanol–water partition coefficient (Wildman–Crippen LogP) is 4.05. The third-order valence-electron chi connectivity index (χ3n) is 9.52. The number of ether oxygens (including phenoxy) is 1. The summed E-state index contributed by atoms with van der Waals surface area (Å²) in [6.07, 6.45) is 4.17. The second-order valence-corrected chi connectivity index (χ2v) is 12.4. The average molecular weight is 635 g/mol. The zero-order chi connectivity index (χ0) is 32.1. The Morgan fingerprint density at radius 1 is 1.00 bits per heavy atom. The molecule has 7 rings (SSSR count). The Morgan fingerprint density at radius 3 is 2.46 bits per heavy atom. The lowest BCUT2D eigenvalue weighted by Crippen LogP contribution is -2.50. The lowest BCUT2D eigenvalue weighted by atomic mass is 9.83. The van der Waals surface area contributed by atoms with Crippen molar-refractivity contribution in [2.45, 2.75) is 49.2 Å². The van der Waals surface area contributed by atoms with Gasteiger partial charge in [0, 0.05) is 53.8 Å². The Kier molecular flexibility index (Phi) is 7.43. The number of carbonyl (C=O) groups is 2. The zero-order valence-corrected chi connectivity index (χ0v) is 24.9. The van der Waals surface area contributed by atoms with Gasteiger partial charge in [-0.25, -0.2) is 15.0 Å². The van der Waals surface area contributed by atoms with E-state index in [1.165, 1.54) is 0 Å². The number of nitrogen functional groups attached to an aromatic ring is 1. The van der Waals surface area contributed by atoms with Gasteiger partial charge < -0.3 is 21.1 Å². The van der Waals surface area contributed by atoms with Crippen LogP contribution in [0.5, 0.6) is 0 Å². The van der Waals surface area contributed by atoms with E-state index in [9.17, 15) is 22.8 Å². The number of anilines is 2. The number of hydrogen-bond acceptors (Lipinski definition) is 8. The van der Waals surface area contributed by atoms with Crippen LogP contribution in [0.4, 0.5) is 24.8 Å². The van der Waals surface area contributed by atoms with Crippen LogP contribution in [0.15, 0.2) is 55.0 Å². The molecule has 4 aromatic rings. The molecule has 1 aromatic carbocycles. The summed E-state index contributed by atoms with van der Waals surface area (Å²) in [5.74, 6) is 0.414. The molecule has 3 aromatic heterocycles. The van der Waals surface area contributed by atoms with Crippen LogP contribution in [0.25, 0.3) is 16.8 Å². The number of alkyl halides is 3. The van der Waals surface area contributed by atoms with E-state index in [1.807, 2.05) is 10.6 Å². The summed E-state index contributed by atoms with van der Waals surface area (Å²) in [6.45, 7) is 3.15. The number of aromatic nitrogens is 4. The van der Waals surface area contributed by atoms with Crippen LogP contribution in [-0.2, 0) is 21.1 Å². The molecule has 2 aliphatic carbocycles. The molecule has 2 amide bonds. The van der Waals surface area contributed by atoms with E-state index in [1.54, 1.807) is 30.5 Å². The molecule has 2 saturated carbocycles. The number of pyridine rings is 1. The minimum Gasteiger partial charge on any atom is -0.382 e. The summed E-state index contributed by atoms with van der Waals surface area (Å²) < 4.78 is 46.7. The number of hydrogen-bond donors (Lipinski definition) is 3. The molecule has 1 saturated heterocycles. The van der Waals surface area contributed by atoms with Gasteiger partial charge in [0.2, 0.25) is 5.91 Å². The van der Waals surface area contributed by atoms with Gasteiger partial charge in [0.25, 0.3) is 5.91 Å². The van der Waals surface area contributed by atoms with Gasteiger partial charge in [0.15, 0.2) is 0 Å². The number of fused-ring (bicyclic) bond motifs is 3. The Bertz CT molecular complexity index is 1790. The van der Waals surface area contributed by atoms with Gasteiger partial charge in [0.1, 0.15) is 28.7 Å². The number of rotatable bonds is 7. The molecule has 240 valence electrons. The second kappa shape index (κ2) is 11.4. The number of amides is 2. The topological polar surface area (TPSA) is 140 Å². The fourth-order valence-electron chi connectivity index (χ4n) is 7.26. The summed E-state index contributed by atoms with van der Waals surface area (Å²) in [5.41, 5.74) is 7.16. The molecule has 46 heavy (non-hydrogen) atoms. The van der Waals surface area contributed by atoms with Crippen molar-refractivity contribution in [3.05, 3.63) is 71.9 Å². The van der Waals surface area contributed by atoms with Crippen molar-refractivity contribution < 1.29 is 27.5 Å². The van der Waals surface area contributed by atoms with E-state index in [0.29, 0.717) is 42.4 Å². The predicted molar refractivity (Wildman–Crippen MR) is 163 cm³/mol. The van der Waals surface area contributed by atoms with E-state index < -0.39 is 17.6 Å². The first kappa shape index (κ1) is 30.1. The van der Waals surface area contributed by atoms with Crippen LogP contribution in [0.1, 0.15) is 53.8 Å². The van der Waals surface area contributed by atoms with Gasteiger partial charge in [-0.1, -0.05) is 12.1 Å². The van der Waals surface area contributed by atoms with Crippen LogP contribution in [0, 0.1) is 0 Å². The van der Waals surface area contributed by atoms with Crippen molar-refractivity contribution in [1.82, 2.24) is 29.6 Å². The highest BCUT2D eigenvalue weighted by Crippen LogP contribution is 2.57. The summed E-state index contributed by atoms with van der Waals surface area (Å²) in [7, 11) is 0. The number of halogens is 3. The molecule has 3 aliphatic rings. The van der Waals surface area contributed by atoms with E-state index in [0.717, 1.165) is 69.3 Å². The first-order valence-electron chi connectivity index (χ1n) is 15.2. The van der Waals surface area contributed by atoms with E-state index in [2.05, 4.69) is 25.5 Å². The number of morpholine rings is 1. The third-order valence-corrected chi connectivity index (χ3v) is 9.52. The molecule has 14 heteroatoms. The minimum atomic E-state index is -4.55. The lowest BCUT2D eigenvalue weighted by Gasteiger charge is -2.31. The quantitative estimate of drug-likeness (QED) is 0.277. The van der Waals surface area contributed by atoms with Crippen LogP contribution >= 0.6 is 0 Å². The molecule has 0 atom stereocenters. The van der Waals surface area contributed by atoms with Crippen LogP contribution in [0.2, 0.25) is 0 Å². The molecule has 0 spiro atoms. The molecule has 11 nitrogen and oxygen atoms in total. The van der Waals surface area contributed by atoms with Gasteiger partial charge >= 0.3 is 6.18 Å². The Balaban J connectivity index is 1.12. The van der Waals surface area contributed by atoms with E-state index in [4.69, 9.17) is 15.5 Å². The highest BCUT2D eigenvalue weighted by Gasteiger charge is 2.57. The number of imidazole rings is 1. The Hall–Kier alpha value is -4.56. The molecular formula is C32H33F3N8O3. The highest BCUT2D eigenvalue weighted by molar-refractivity contribution is 6.04. The van der Waals surface area contributed by atoms with Crippen LogP contribution in [0.3, 0.4) is 0 Å². The molecule has 1 aliphatic heterocycles. The van der Waals surface area contributed by atoms with E-state index in [-0.39, 0.29) is 28.2 Å². The first-order valence-corrected chi connectivity index (χ1v) is 15.2. The van der Waals surface area contributed by atoms with Gasteiger partial charge in [-0.3, -0.25) is 18.9 Å². The molecule has 2 bridgehead atoms. The minimum absolute atomic E-state index is 0.0367. The summed E-state index contributed by atoms with van der Waals surface area (Å²) in [5, 5.41) is 5.80. The van der Waals surface area contributed by atoms with Gasteiger partial charge in [-0.15, -0.1) is 0 Å². The largest absolute Gasteiger partial charge is 0.416 e. The third kappa shape index (κ3) is 5.55. The van der Waals surface area contributed by atoms with Crippen molar-refractivity contribution in [3.63, 3.8) is 0 Å².